The molecule has 0 aliphatic carbocycles. The van der Waals surface area contributed by atoms with Gasteiger partial charge < -0.3 is 1.43 Å². The van der Waals surface area contributed by atoms with Crippen molar-refractivity contribution in [2.24, 2.45) is 0 Å². The second-order valence-electron chi connectivity index (χ2n) is 8.14. The van der Waals surface area contributed by atoms with Gasteiger partial charge in [0, 0.05) is 0 Å². The Morgan fingerprint density at radius 2 is 0.615 bits per heavy atom. The van der Waals surface area contributed by atoms with Gasteiger partial charge in [-0.2, -0.15) is 0 Å². The Hall–Kier alpha value is 1.03. The first-order valence-corrected chi connectivity index (χ1v) is 14.0. The summed E-state index contributed by atoms with van der Waals surface area (Å²) < 4.78 is 0. The summed E-state index contributed by atoms with van der Waals surface area (Å²) in [5, 5.41) is 0. The molecule has 0 rings (SSSR count). The first-order chi connectivity index (χ1) is 12.3. The predicted molar refractivity (Wildman–Crippen MR) is 123 cm³/mol. The van der Waals surface area contributed by atoms with Gasteiger partial charge in [-0.3, -0.25) is 0 Å². The van der Waals surface area contributed by atoms with Crippen LogP contribution in [0.5, 0.6) is 0 Å². The monoisotopic (exact) mass is 378 g/mol. The predicted octanol–water partition coefficient (Wildman–Crippen LogP) is 6.67. The zero-order chi connectivity index (χ0) is 18.4. The largest absolute Gasteiger partial charge is 1.00 e. The van der Waals surface area contributed by atoms with E-state index in [0.717, 1.165) is 0 Å². The smallest absolute Gasteiger partial charge is 1.00 e. The third-order valence-corrected chi connectivity index (χ3v) is 8.33. The summed E-state index contributed by atoms with van der Waals surface area (Å²) >= 11 is 0. The Morgan fingerprint density at radius 1 is 0.385 bits per heavy atom. The van der Waals surface area contributed by atoms with Crippen LogP contribution < -0.4 is 18.9 Å². The molecule has 0 amide bonds. The molecule has 0 unspecified atom stereocenters. The minimum atomic E-state index is 0. The molecule has 0 saturated carbocycles. The molecule has 0 fully saturated rings. The molecule has 0 spiro atoms. The molecular weight excluding hydrogens is 326 g/mol. The maximum Gasteiger partial charge on any atom is 1.00 e. The minimum Gasteiger partial charge on any atom is -1.00 e. The van der Waals surface area contributed by atoms with Crippen molar-refractivity contribution in [2.45, 2.75) is 136 Å². The van der Waals surface area contributed by atoms with Crippen molar-refractivity contribution in [1.29, 1.82) is 0 Å². The van der Waals surface area contributed by atoms with Gasteiger partial charge in [-0.1, -0.05) is 117 Å². The molecule has 0 bridgehead atoms. The number of hydrogen-bond acceptors (Lipinski definition) is 0. The van der Waals surface area contributed by atoms with E-state index in [1.165, 1.54) is 116 Å². The van der Waals surface area contributed by atoms with E-state index in [4.69, 9.17) is 0 Å². The fourth-order valence-corrected chi connectivity index (χ4v) is 6.37. The maximum atomic E-state index is 2.32. The third kappa shape index (κ3) is 23.1. The van der Waals surface area contributed by atoms with Gasteiger partial charge in [0.05, 0.1) is 0 Å². The summed E-state index contributed by atoms with van der Waals surface area (Å²) in [5.74, 6) is 0. The maximum absolute atomic E-state index is 2.32. The van der Waals surface area contributed by atoms with Gasteiger partial charge in [-0.25, -0.2) is 0 Å². The van der Waals surface area contributed by atoms with Gasteiger partial charge in [-0.05, 0) is 37.7 Å². The fraction of sp³-hybridized carbons (Fsp3) is 1.00. The molecule has 0 saturated heterocycles. The van der Waals surface area contributed by atoms with Crippen LogP contribution in [-0.2, 0) is 0 Å². The first-order valence-electron chi connectivity index (χ1n) is 12.1. The SMILES string of the molecule is CCCCCCCCP(CCCCCCCC)CCCCCCCC.[H-].[Li+]. The standard InChI is InChI=1S/C24H51P.Li.H/c1-4-7-10-13-16-19-22-25(23-20-17-14-11-8-5-2)24-21-18-15-12-9-6-3;;/h4-24H2,1-3H3;;/q;+1;-1. The van der Waals surface area contributed by atoms with Crippen LogP contribution in [0.3, 0.4) is 0 Å². The molecule has 0 aliphatic heterocycles. The molecular formula is C24H52LiP. The van der Waals surface area contributed by atoms with Crippen molar-refractivity contribution in [3.05, 3.63) is 0 Å². The number of rotatable bonds is 21. The molecule has 0 aromatic carbocycles. The van der Waals surface area contributed by atoms with Crippen LogP contribution in [0.15, 0.2) is 0 Å². The Balaban J connectivity index is -0.00000288. The summed E-state index contributed by atoms with van der Waals surface area (Å²) in [7, 11) is 0.366. The van der Waals surface area contributed by atoms with Crippen molar-refractivity contribution in [1.82, 2.24) is 0 Å². The van der Waals surface area contributed by atoms with E-state index in [-0.39, 0.29) is 20.3 Å². The minimum absolute atomic E-state index is 0. The summed E-state index contributed by atoms with van der Waals surface area (Å²) in [4.78, 5) is 0. The Labute approximate surface area is 182 Å². The van der Waals surface area contributed by atoms with Crippen molar-refractivity contribution in [3.63, 3.8) is 0 Å². The van der Waals surface area contributed by atoms with Crippen LogP contribution in [0.4, 0.5) is 0 Å². The van der Waals surface area contributed by atoms with E-state index in [9.17, 15) is 0 Å². The Bertz CT molecular complexity index is 200. The molecule has 0 nitrogen and oxygen atoms in total. The molecule has 2 heteroatoms. The molecule has 0 atom stereocenters. The molecule has 0 radical (unpaired) electrons. The zero-order valence-electron chi connectivity index (χ0n) is 20.3. The van der Waals surface area contributed by atoms with Gasteiger partial charge in [0.25, 0.3) is 0 Å². The average molecular weight is 379 g/mol. The van der Waals surface area contributed by atoms with Crippen molar-refractivity contribution < 1.29 is 20.3 Å². The first kappa shape index (κ1) is 29.2. The van der Waals surface area contributed by atoms with E-state index < -0.39 is 0 Å². The van der Waals surface area contributed by atoms with Gasteiger partial charge in [0.1, 0.15) is 0 Å². The Kier molecular flexibility index (Phi) is 29.3. The van der Waals surface area contributed by atoms with Gasteiger partial charge >= 0.3 is 18.9 Å². The molecule has 154 valence electrons. The van der Waals surface area contributed by atoms with E-state index in [2.05, 4.69) is 20.8 Å². The van der Waals surface area contributed by atoms with E-state index >= 15 is 0 Å². The molecule has 0 N–H and O–H groups in total. The van der Waals surface area contributed by atoms with Crippen molar-refractivity contribution in [2.75, 3.05) is 18.5 Å². The van der Waals surface area contributed by atoms with Crippen LogP contribution >= 0.6 is 7.92 Å². The van der Waals surface area contributed by atoms with E-state index in [1.54, 1.807) is 18.5 Å². The van der Waals surface area contributed by atoms with Crippen LogP contribution in [0.2, 0.25) is 0 Å². The van der Waals surface area contributed by atoms with Crippen LogP contribution in [-0.4, -0.2) is 18.5 Å². The van der Waals surface area contributed by atoms with Crippen molar-refractivity contribution >= 4 is 7.92 Å². The summed E-state index contributed by atoms with van der Waals surface area (Å²) in [5.41, 5.74) is 0. The van der Waals surface area contributed by atoms with Crippen LogP contribution in [0.25, 0.3) is 0 Å². The summed E-state index contributed by atoms with van der Waals surface area (Å²) in [6.07, 6.45) is 31.2. The Morgan fingerprint density at radius 3 is 0.885 bits per heavy atom. The van der Waals surface area contributed by atoms with Crippen LogP contribution in [0, 0.1) is 0 Å². The van der Waals surface area contributed by atoms with Crippen LogP contribution in [0.1, 0.15) is 138 Å². The average Bonchev–Trinajstić information content (AvgIpc) is 2.63. The van der Waals surface area contributed by atoms with Gasteiger partial charge in [0.15, 0.2) is 0 Å². The second kappa shape index (κ2) is 26.0. The normalized spacial score (nSPS) is 11.1. The number of unbranched alkanes of at least 4 members (excludes halogenated alkanes) is 15. The van der Waals surface area contributed by atoms with Crippen molar-refractivity contribution in [3.8, 4) is 0 Å². The zero-order valence-corrected chi connectivity index (χ0v) is 20.2. The van der Waals surface area contributed by atoms with Gasteiger partial charge in [0.2, 0.25) is 0 Å². The molecule has 0 aromatic heterocycles. The molecule has 0 aliphatic rings. The molecule has 0 heterocycles. The van der Waals surface area contributed by atoms with Gasteiger partial charge in [-0.15, -0.1) is 7.92 Å². The summed E-state index contributed by atoms with van der Waals surface area (Å²) in [6.45, 7) is 6.96. The topological polar surface area (TPSA) is 0 Å². The fourth-order valence-electron chi connectivity index (χ4n) is 3.68. The summed E-state index contributed by atoms with van der Waals surface area (Å²) in [6, 6.07) is 0. The molecule has 26 heavy (non-hydrogen) atoms. The third-order valence-electron chi connectivity index (χ3n) is 5.48. The molecule has 0 aromatic rings. The second-order valence-corrected chi connectivity index (χ2v) is 10.8. The quantitative estimate of drug-likeness (QED) is 0.119. The number of hydrogen-bond donors (Lipinski definition) is 0. The van der Waals surface area contributed by atoms with E-state index in [0.29, 0.717) is 7.92 Å². The van der Waals surface area contributed by atoms with E-state index in [1.807, 2.05) is 0 Å².